The zero-order valence-corrected chi connectivity index (χ0v) is 7.68. The van der Waals surface area contributed by atoms with E-state index >= 15 is 0 Å². The minimum Gasteiger partial charge on any atom is -0.422 e. The smallest absolute Gasteiger partial charge is 0.368 e. The molecule has 0 aliphatic carbocycles. The Morgan fingerprint density at radius 3 is 2.60 bits per heavy atom. The Morgan fingerprint density at radius 1 is 1.27 bits per heavy atom. The number of carbonyl (C=O) groups is 1. The standard InChI is InChI=1S/C9H8N4O2/c10-8-7(11-13-12-8)9(14)15-6-4-2-1-3-5-6/h1-5H,(H3,10,11,12,13). The van der Waals surface area contributed by atoms with E-state index in [-0.39, 0.29) is 11.5 Å². The highest BCUT2D eigenvalue weighted by Gasteiger charge is 2.16. The molecule has 0 atom stereocenters. The second kappa shape index (κ2) is 3.79. The molecule has 0 bridgehead atoms. The number of nitrogens with two attached hydrogens (primary N) is 1. The van der Waals surface area contributed by atoms with Crippen LogP contribution in [0.4, 0.5) is 5.82 Å². The minimum absolute atomic E-state index is 0.0150. The molecule has 0 fully saturated rings. The Kier molecular flexibility index (Phi) is 2.32. The van der Waals surface area contributed by atoms with Gasteiger partial charge in [0, 0.05) is 0 Å². The molecule has 1 aromatic carbocycles. The number of nitrogens with zero attached hydrogens (tertiary/aromatic N) is 2. The van der Waals surface area contributed by atoms with Gasteiger partial charge in [0.15, 0.2) is 5.82 Å². The Labute approximate surface area is 85.1 Å². The number of aromatic nitrogens is 3. The highest BCUT2D eigenvalue weighted by atomic mass is 16.5. The van der Waals surface area contributed by atoms with Gasteiger partial charge < -0.3 is 10.5 Å². The predicted octanol–water partition coefficient (Wildman–Crippen LogP) is 0.606. The third-order valence-corrected chi connectivity index (χ3v) is 1.72. The monoisotopic (exact) mass is 204 g/mol. The van der Waals surface area contributed by atoms with Gasteiger partial charge in [0.1, 0.15) is 5.75 Å². The van der Waals surface area contributed by atoms with Crippen molar-refractivity contribution in [2.45, 2.75) is 0 Å². The molecule has 0 saturated carbocycles. The van der Waals surface area contributed by atoms with Crippen LogP contribution in [0.1, 0.15) is 10.5 Å². The van der Waals surface area contributed by atoms with Crippen molar-refractivity contribution in [2.24, 2.45) is 0 Å². The van der Waals surface area contributed by atoms with Crippen LogP contribution in [0.15, 0.2) is 30.3 Å². The number of nitrogen functional groups attached to an aromatic ring is 1. The summed E-state index contributed by atoms with van der Waals surface area (Å²) in [6, 6.07) is 8.66. The molecule has 76 valence electrons. The van der Waals surface area contributed by atoms with Crippen LogP contribution >= 0.6 is 0 Å². The van der Waals surface area contributed by atoms with Crippen LogP contribution < -0.4 is 10.5 Å². The van der Waals surface area contributed by atoms with E-state index in [0.717, 1.165) is 0 Å². The number of benzene rings is 1. The van der Waals surface area contributed by atoms with Crippen LogP contribution in [0.3, 0.4) is 0 Å². The second-order valence-electron chi connectivity index (χ2n) is 2.76. The number of carbonyl (C=O) groups excluding carboxylic acids is 1. The number of esters is 1. The van der Waals surface area contributed by atoms with Gasteiger partial charge in [-0.3, -0.25) is 0 Å². The molecule has 1 heterocycles. The molecular formula is C9H8N4O2. The Bertz CT molecular complexity index is 466. The van der Waals surface area contributed by atoms with Crippen LogP contribution in [0.5, 0.6) is 5.75 Å². The lowest BCUT2D eigenvalue weighted by atomic mass is 10.3. The fourth-order valence-electron chi connectivity index (χ4n) is 1.03. The molecule has 3 N–H and O–H groups in total. The maximum atomic E-state index is 11.5. The number of rotatable bonds is 2. The third kappa shape index (κ3) is 1.93. The molecule has 1 aromatic heterocycles. The number of anilines is 1. The molecule has 0 aliphatic heterocycles. The van der Waals surface area contributed by atoms with Gasteiger partial charge in [-0.2, -0.15) is 5.21 Å². The van der Waals surface area contributed by atoms with Gasteiger partial charge >= 0.3 is 5.97 Å². The zero-order chi connectivity index (χ0) is 10.7. The van der Waals surface area contributed by atoms with Gasteiger partial charge in [0.05, 0.1) is 0 Å². The molecular weight excluding hydrogens is 196 g/mol. The molecule has 0 saturated heterocycles. The maximum absolute atomic E-state index is 11.5. The van der Waals surface area contributed by atoms with E-state index in [1.807, 2.05) is 6.07 Å². The summed E-state index contributed by atoms with van der Waals surface area (Å²) >= 11 is 0. The van der Waals surface area contributed by atoms with Crippen molar-refractivity contribution in [2.75, 3.05) is 5.73 Å². The molecule has 0 radical (unpaired) electrons. The van der Waals surface area contributed by atoms with Crippen molar-refractivity contribution in [3.63, 3.8) is 0 Å². The number of aromatic amines is 1. The average Bonchev–Trinajstić information content (AvgIpc) is 2.66. The summed E-state index contributed by atoms with van der Waals surface area (Å²) in [5, 5.41) is 9.34. The van der Waals surface area contributed by atoms with E-state index in [1.165, 1.54) is 0 Å². The van der Waals surface area contributed by atoms with Crippen molar-refractivity contribution in [3.05, 3.63) is 36.0 Å². The van der Waals surface area contributed by atoms with Crippen LogP contribution in [0.25, 0.3) is 0 Å². The normalized spacial score (nSPS) is 9.87. The number of hydrogen-bond acceptors (Lipinski definition) is 5. The lowest BCUT2D eigenvalue weighted by molar-refractivity contribution is 0.0729. The van der Waals surface area contributed by atoms with Gasteiger partial charge in [-0.1, -0.05) is 18.2 Å². The highest BCUT2D eigenvalue weighted by Crippen LogP contribution is 2.12. The fraction of sp³-hybridized carbons (Fsp3) is 0. The Balaban J connectivity index is 2.15. The molecule has 6 nitrogen and oxygen atoms in total. The molecule has 15 heavy (non-hydrogen) atoms. The first-order valence-electron chi connectivity index (χ1n) is 4.21. The van der Waals surface area contributed by atoms with Gasteiger partial charge in [0.2, 0.25) is 5.69 Å². The zero-order valence-electron chi connectivity index (χ0n) is 7.68. The van der Waals surface area contributed by atoms with Crippen LogP contribution in [0.2, 0.25) is 0 Å². The first kappa shape index (κ1) is 9.20. The third-order valence-electron chi connectivity index (χ3n) is 1.72. The van der Waals surface area contributed by atoms with Crippen molar-refractivity contribution in [1.29, 1.82) is 0 Å². The Hall–Kier alpha value is -2.37. The van der Waals surface area contributed by atoms with Crippen molar-refractivity contribution >= 4 is 11.8 Å². The topological polar surface area (TPSA) is 93.9 Å². The number of nitrogens with one attached hydrogen (secondary N) is 1. The summed E-state index contributed by atoms with van der Waals surface area (Å²) in [6.07, 6.45) is 0. The number of H-pyrrole nitrogens is 1. The van der Waals surface area contributed by atoms with Gasteiger partial charge in [0.25, 0.3) is 0 Å². The minimum atomic E-state index is -0.632. The highest BCUT2D eigenvalue weighted by molar-refractivity contribution is 5.93. The predicted molar refractivity (Wildman–Crippen MR) is 52.2 cm³/mol. The van der Waals surface area contributed by atoms with Crippen LogP contribution in [-0.2, 0) is 0 Å². The molecule has 2 rings (SSSR count). The lowest BCUT2D eigenvalue weighted by Crippen LogP contribution is -2.11. The van der Waals surface area contributed by atoms with E-state index < -0.39 is 5.97 Å². The lowest BCUT2D eigenvalue weighted by Gasteiger charge is -2.00. The van der Waals surface area contributed by atoms with E-state index in [2.05, 4.69) is 15.4 Å². The number of hydrogen-bond donors (Lipinski definition) is 2. The summed E-state index contributed by atoms with van der Waals surface area (Å²) in [5.74, 6) is -0.173. The van der Waals surface area contributed by atoms with Crippen LogP contribution in [-0.4, -0.2) is 21.4 Å². The quantitative estimate of drug-likeness (QED) is 0.552. The summed E-state index contributed by atoms with van der Waals surface area (Å²) in [7, 11) is 0. The van der Waals surface area contributed by atoms with Crippen molar-refractivity contribution in [3.8, 4) is 5.75 Å². The van der Waals surface area contributed by atoms with Crippen molar-refractivity contribution < 1.29 is 9.53 Å². The van der Waals surface area contributed by atoms with E-state index in [0.29, 0.717) is 5.75 Å². The number of para-hydroxylation sites is 1. The van der Waals surface area contributed by atoms with E-state index in [4.69, 9.17) is 10.5 Å². The molecule has 0 aliphatic rings. The molecule has 2 aromatic rings. The summed E-state index contributed by atoms with van der Waals surface area (Å²) in [4.78, 5) is 11.5. The summed E-state index contributed by atoms with van der Waals surface area (Å²) in [6.45, 7) is 0. The fourth-order valence-corrected chi connectivity index (χ4v) is 1.03. The molecule has 6 heteroatoms. The summed E-state index contributed by atoms with van der Waals surface area (Å²) < 4.78 is 5.00. The largest absolute Gasteiger partial charge is 0.422 e. The Morgan fingerprint density at radius 2 is 2.00 bits per heavy atom. The number of ether oxygens (including phenoxy) is 1. The first-order chi connectivity index (χ1) is 7.27. The SMILES string of the molecule is Nc1n[nH]nc1C(=O)Oc1ccccc1. The first-order valence-corrected chi connectivity index (χ1v) is 4.21. The van der Waals surface area contributed by atoms with Gasteiger partial charge in [-0.05, 0) is 12.1 Å². The van der Waals surface area contributed by atoms with Gasteiger partial charge in [-0.15, -0.1) is 10.2 Å². The van der Waals surface area contributed by atoms with E-state index in [1.54, 1.807) is 24.3 Å². The average molecular weight is 204 g/mol. The van der Waals surface area contributed by atoms with Crippen LogP contribution in [0, 0.1) is 0 Å². The van der Waals surface area contributed by atoms with E-state index in [9.17, 15) is 4.79 Å². The van der Waals surface area contributed by atoms with Gasteiger partial charge in [-0.25, -0.2) is 4.79 Å². The van der Waals surface area contributed by atoms with Crippen molar-refractivity contribution in [1.82, 2.24) is 15.4 Å². The molecule has 0 unspecified atom stereocenters. The molecule has 0 amide bonds. The molecule has 0 spiro atoms. The maximum Gasteiger partial charge on any atom is 0.368 e. The second-order valence-corrected chi connectivity index (χ2v) is 2.76. The summed E-state index contributed by atoms with van der Waals surface area (Å²) in [5.41, 5.74) is 5.37.